The van der Waals surface area contributed by atoms with Crippen LogP contribution in [0, 0.1) is 28.6 Å². The summed E-state index contributed by atoms with van der Waals surface area (Å²) in [5.41, 5.74) is 1.85. The zero-order valence-corrected chi connectivity index (χ0v) is 32.5. The molecule has 3 aliphatic carbocycles. The molecule has 0 aromatic rings. The van der Waals surface area contributed by atoms with Gasteiger partial charge in [0, 0.05) is 11.2 Å². The molecule has 1 heterocycles. The van der Waals surface area contributed by atoms with E-state index >= 15 is 0 Å². The van der Waals surface area contributed by atoms with Gasteiger partial charge in [-0.3, -0.25) is 4.90 Å². The van der Waals surface area contributed by atoms with Crippen LogP contribution in [0.4, 0.5) is 26.7 Å². The molecule has 1 saturated heterocycles. The Kier molecular flexibility index (Phi) is 16.4. The number of hydrogen-bond acceptors (Lipinski definition) is 5. The number of thioether (sulfide) groups is 1. The Morgan fingerprint density at radius 2 is 1.70 bits per heavy atom. The van der Waals surface area contributed by atoms with Crippen molar-refractivity contribution in [2.75, 3.05) is 19.0 Å². The van der Waals surface area contributed by atoms with Crippen LogP contribution in [0.25, 0.3) is 0 Å². The van der Waals surface area contributed by atoms with Crippen molar-refractivity contribution >= 4 is 17.9 Å². The van der Waals surface area contributed by atoms with E-state index in [4.69, 9.17) is 9.47 Å². The molecule has 0 aromatic carbocycles. The van der Waals surface area contributed by atoms with Gasteiger partial charge in [0.05, 0.1) is 37.7 Å². The van der Waals surface area contributed by atoms with Crippen molar-refractivity contribution in [3.05, 3.63) is 37.1 Å². The van der Waals surface area contributed by atoms with Gasteiger partial charge in [-0.25, -0.2) is 4.79 Å². The Hall–Kier alpha value is -1.59. The number of halogens is 5. The number of alkyl halides is 5. The predicted octanol–water partition coefficient (Wildman–Crippen LogP) is 11.4. The van der Waals surface area contributed by atoms with Crippen LogP contribution in [0.2, 0.25) is 0 Å². The third-order valence-electron chi connectivity index (χ3n) is 11.4. The van der Waals surface area contributed by atoms with E-state index in [0.717, 1.165) is 43.3 Å². The molecule has 0 aromatic heterocycles. The summed E-state index contributed by atoms with van der Waals surface area (Å²) in [6.07, 6.45) is 7.69. The molecule has 11 heteroatoms. The second-order valence-corrected chi connectivity index (χ2v) is 18.1. The van der Waals surface area contributed by atoms with Crippen molar-refractivity contribution in [1.29, 1.82) is 0 Å². The quantitative estimate of drug-likeness (QED) is 0.137. The molecule has 0 radical (unpaired) electrons. The lowest BCUT2D eigenvalue weighted by atomic mass is 9.56. The summed E-state index contributed by atoms with van der Waals surface area (Å²) in [6, 6.07) is 0.132. The highest BCUT2D eigenvalue weighted by Gasteiger charge is 2.56. The molecular formula is C39H64F5NO4S. The zero-order chi connectivity index (χ0) is 38.1. The van der Waals surface area contributed by atoms with E-state index in [-0.39, 0.29) is 46.3 Å². The highest BCUT2D eigenvalue weighted by atomic mass is 32.2. The summed E-state index contributed by atoms with van der Waals surface area (Å²) in [6.45, 7) is 25.0. The molecule has 2 saturated carbocycles. The van der Waals surface area contributed by atoms with Crippen LogP contribution < -0.4 is 0 Å². The molecule has 4 aliphatic rings. The largest absolute Gasteiger partial charge is 0.453 e. The second kappa shape index (κ2) is 18.4. The maximum Gasteiger partial charge on any atom is 0.453 e. The van der Waals surface area contributed by atoms with Gasteiger partial charge in [-0.05, 0) is 105 Å². The Balaban J connectivity index is 0.000000265. The number of ether oxygens (including phenoxy) is 2. The first-order valence-electron chi connectivity index (χ1n) is 18.3. The number of allylic oxidation sites excluding steroid dienone is 3. The summed E-state index contributed by atoms with van der Waals surface area (Å²) in [5.74, 6) is -1.95. The van der Waals surface area contributed by atoms with Gasteiger partial charge in [-0.1, -0.05) is 73.3 Å². The highest BCUT2D eigenvalue weighted by Crippen LogP contribution is 2.59. The first-order chi connectivity index (χ1) is 23.1. The number of nitrogens with zero attached hydrogens (tertiary/aromatic N) is 1. The Morgan fingerprint density at radius 3 is 2.24 bits per heavy atom. The number of morpholine rings is 1. The molecule has 0 bridgehead atoms. The van der Waals surface area contributed by atoms with Crippen molar-refractivity contribution in [2.24, 2.45) is 28.6 Å². The van der Waals surface area contributed by atoms with Crippen molar-refractivity contribution in [3.63, 3.8) is 0 Å². The minimum absolute atomic E-state index is 0.0495. The topological polar surface area (TPSA) is 59.0 Å². The summed E-state index contributed by atoms with van der Waals surface area (Å²) in [5, 5.41) is 10.3. The number of amides is 1. The molecule has 7 unspecified atom stereocenters. The zero-order valence-electron chi connectivity index (χ0n) is 31.7. The summed E-state index contributed by atoms with van der Waals surface area (Å²) >= 11 is 1.47. The third-order valence-corrected chi connectivity index (χ3v) is 12.8. The molecule has 290 valence electrons. The number of rotatable bonds is 10. The number of aliphatic hydroxyl groups is 1. The summed E-state index contributed by atoms with van der Waals surface area (Å²) in [4.78, 5) is 13.1. The lowest BCUT2D eigenvalue weighted by Crippen LogP contribution is -2.52. The van der Waals surface area contributed by atoms with Gasteiger partial charge in [0.15, 0.2) is 0 Å². The maximum atomic E-state index is 12.7. The molecule has 3 fully saturated rings. The second-order valence-electron chi connectivity index (χ2n) is 16.3. The number of carbonyl (C=O) groups is 1. The van der Waals surface area contributed by atoms with Crippen LogP contribution in [-0.2, 0) is 9.47 Å². The summed E-state index contributed by atoms with van der Waals surface area (Å²) < 4.78 is 71.4. The Bertz CT molecular complexity index is 1130. The molecule has 4 rings (SSSR count). The van der Waals surface area contributed by atoms with E-state index < -0.39 is 18.5 Å². The van der Waals surface area contributed by atoms with Gasteiger partial charge >= 0.3 is 18.2 Å². The van der Waals surface area contributed by atoms with E-state index in [2.05, 4.69) is 53.0 Å². The fourth-order valence-corrected chi connectivity index (χ4v) is 9.85. The van der Waals surface area contributed by atoms with Gasteiger partial charge < -0.3 is 14.6 Å². The van der Waals surface area contributed by atoms with Crippen molar-refractivity contribution < 1.29 is 41.3 Å². The number of hydrogen-bond donors (Lipinski definition) is 1. The fourth-order valence-electron chi connectivity index (χ4n) is 8.51. The highest BCUT2D eigenvalue weighted by molar-refractivity contribution is 8.00. The van der Waals surface area contributed by atoms with Crippen molar-refractivity contribution in [3.8, 4) is 0 Å². The standard InChI is InChI=1S/C16H24O.C14H25F5S.C9H15NO3/c1-3-11-5-4-6-13-12(11)9-10-16(2)14(13)7-8-15(16)17;1-6-11(2,3)10-12(4,5)20-9-7-8-13(15,16)14(17,18)19;1-4-13-9(11)10-7(2)5-12-6-8(10)3/h3,5,12-15,17H,1,4,6-10H2,2H3;6-10H2,1-5H3;4,7-8H,1,5-6H2,2-3H3. The summed E-state index contributed by atoms with van der Waals surface area (Å²) in [7, 11) is 0. The lowest BCUT2D eigenvalue weighted by Gasteiger charge is -2.49. The smallest absolute Gasteiger partial charge is 0.419 e. The lowest BCUT2D eigenvalue weighted by molar-refractivity contribution is -0.284. The monoisotopic (exact) mass is 737 g/mol. The van der Waals surface area contributed by atoms with Crippen LogP contribution in [0.5, 0.6) is 0 Å². The van der Waals surface area contributed by atoms with E-state index in [1.54, 1.807) is 4.90 Å². The van der Waals surface area contributed by atoms with Crippen LogP contribution >= 0.6 is 11.8 Å². The maximum absolute atomic E-state index is 12.7. The van der Waals surface area contributed by atoms with Crippen LogP contribution in [0.15, 0.2) is 37.1 Å². The van der Waals surface area contributed by atoms with E-state index in [1.165, 1.54) is 49.4 Å². The normalized spacial score (nSPS) is 30.0. The van der Waals surface area contributed by atoms with Crippen LogP contribution in [0.3, 0.4) is 0 Å². The molecular weight excluding hydrogens is 673 g/mol. The first-order valence-corrected chi connectivity index (χ1v) is 19.3. The average Bonchev–Trinajstić information content (AvgIpc) is 3.33. The molecule has 1 N–H and O–H groups in total. The van der Waals surface area contributed by atoms with Crippen molar-refractivity contribution in [2.45, 2.75) is 155 Å². The fraction of sp³-hybridized carbons (Fsp3) is 0.821. The minimum Gasteiger partial charge on any atom is -0.419 e. The number of fused-ring (bicyclic) bond motifs is 3. The number of carbonyl (C=O) groups excluding carboxylic acids is 1. The molecule has 1 aliphatic heterocycles. The van der Waals surface area contributed by atoms with Gasteiger partial charge in [0.1, 0.15) is 0 Å². The molecule has 7 atom stereocenters. The molecule has 5 nitrogen and oxygen atoms in total. The first kappa shape index (κ1) is 44.6. The Labute approximate surface area is 302 Å². The van der Waals surface area contributed by atoms with Gasteiger partial charge in [-0.15, -0.1) is 0 Å². The van der Waals surface area contributed by atoms with E-state index in [0.29, 0.717) is 19.0 Å². The molecule has 0 spiro atoms. The third kappa shape index (κ3) is 12.0. The number of aliphatic hydroxyl groups excluding tert-OH is 1. The van der Waals surface area contributed by atoms with Crippen LogP contribution in [0.1, 0.15) is 120 Å². The SMILES string of the molecule is C=CC1=CCCC2C1CCC1(C)C(O)CCC21.C=COC(=O)N1C(C)COCC1C.CCC(C)(C)CC(C)(C)SCCCC(F)(F)C(F)(F)F. The van der Waals surface area contributed by atoms with Gasteiger partial charge in [0.2, 0.25) is 0 Å². The van der Waals surface area contributed by atoms with E-state index in [1.807, 2.05) is 27.7 Å². The predicted molar refractivity (Wildman–Crippen MR) is 194 cm³/mol. The molecule has 1 amide bonds. The minimum atomic E-state index is -5.43. The van der Waals surface area contributed by atoms with Gasteiger partial charge in [-0.2, -0.15) is 33.7 Å². The molecule has 50 heavy (non-hydrogen) atoms. The van der Waals surface area contributed by atoms with Crippen molar-refractivity contribution in [1.82, 2.24) is 4.90 Å². The Morgan fingerprint density at radius 1 is 1.08 bits per heavy atom. The average molecular weight is 738 g/mol. The van der Waals surface area contributed by atoms with Crippen LogP contribution in [-0.4, -0.2) is 70.1 Å². The van der Waals surface area contributed by atoms with Gasteiger partial charge in [0.25, 0.3) is 0 Å². The van der Waals surface area contributed by atoms with E-state index in [9.17, 15) is 31.9 Å².